The Bertz CT molecular complexity index is 1100. The van der Waals surface area contributed by atoms with Crippen LogP contribution in [0, 0.1) is 0 Å². The Hall–Kier alpha value is -3.98. The Morgan fingerprint density at radius 1 is 1.03 bits per heavy atom. The highest BCUT2D eigenvalue weighted by Gasteiger charge is 2.46. The van der Waals surface area contributed by atoms with Crippen LogP contribution in [0.5, 0.6) is 23.0 Å². The van der Waals surface area contributed by atoms with Gasteiger partial charge in [0.2, 0.25) is 5.75 Å². The predicted octanol–water partition coefficient (Wildman–Crippen LogP) is 3.35. The highest BCUT2D eigenvalue weighted by Crippen LogP contribution is 2.45. The fraction of sp³-hybridized carbons (Fsp3) is 0.308. The Morgan fingerprint density at radius 2 is 1.66 bits per heavy atom. The minimum atomic E-state index is -0.907. The molecule has 0 bridgehead atoms. The van der Waals surface area contributed by atoms with E-state index in [1.807, 2.05) is 0 Å². The van der Waals surface area contributed by atoms with Crippen molar-refractivity contribution in [3.8, 4) is 23.0 Å². The number of likely N-dealkylation sites (tertiary alicyclic amines) is 1. The second kappa shape index (κ2) is 11.4. The average Bonchev–Trinajstić information content (AvgIpc) is 3.14. The van der Waals surface area contributed by atoms with Crippen molar-refractivity contribution in [2.45, 2.75) is 6.04 Å². The van der Waals surface area contributed by atoms with E-state index in [0.717, 1.165) is 0 Å². The molecule has 1 aliphatic heterocycles. The number of ether oxygens (including phenoxy) is 5. The number of rotatable bonds is 11. The summed E-state index contributed by atoms with van der Waals surface area (Å²) in [5.74, 6) is -0.216. The molecule has 1 amide bonds. The van der Waals surface area contributed by atoms with Gasteiger partial charge >= 0.3 is 0 Å². The molecule has 186 valence electrons. The number of carbonyl (C=O) groups excluding carboxylic acids is 2. The van der Waals surface area contributed by atoms with Crippen molar-refractivity contribution in [2.24, 2.45) is 0 Å². The van der Waals surface area contributed by atoms with Gasteiger partial charge in [-0.1, -0.05) is 12.7 Å². The number of methoxy groups -OCH3 is 4. The van der Waals surface area contributed by atoms with Gasteiger partial charge in [-0.3, -0.25) is 9.59 Å². The summed E-state index contributed by atoms with van der Waals surface area (Å²) in [7, 11) is 5.92. The van der Waals surface area contributed by atoms with Crippen molar-refractivity contribution in [2.75, 3.05) is 48.2 Å². The lowest BCUT2D eigenvalue weighted by Gasteiger charge is -2.26. The maximum absolute atomic E-state index is 13.1. The molecular weight excluding hydrogens is 454 g/mol. The topological polar surface area (TPSA) is 104 Å². The van der Waals surface area contributed by atoms with Crippen LogP contribution < -0.4 is 18.9 Å². The molecule has 2 aromatic rings. The lowest BCUT2D eigenvalue weighted by Crippen LogP contribution is -2.32. The molecule has 2 aromatic carbocycles. The van der Waals surface area contributed by atoms with Crippen LogP contribution in [0.4, 0.5) is 0 Å². The van der Waals surface area contributed by atoms with Gasteiger partial charge in [0.05, 0.1) is 39.6 Å². The molecule has 1 N–H and O–H groups in total. The van der Waals surface area contributed by atoms with Crippen LogP contribution in [0.25, 0.3) is 5.76 Å². The zero-order valence-corrected chi connectivity index (χ0v) is 20.2. The number of carbonyl (C=O) groups is 2. The molecule has 0 unspecified atom stereocenters. The second-order valence-electron chi connectivity index (χ2n) is 7.57. The quantitative estimate of drug-likeness (QED) is 0.225. The summed E-state index contributed by atoms with van der Waals surface area (Å²) in [6.45, 7) is 4.27. The van der Waals surface area contributed by atoms with Crippen molar-refractivity contribution in [1.82, 2.24) is 4.90 Å². The summed E-state index contributed by atoms with van der Waals surface area (Å²) >= 11 is 0. The molecule has 9 heteroatoms. The number of aliphatic hydroxyl groups is 1. The Morgan fingerprint density at radius 3 is 2.17 bits per heavy atom. The SMILES string of the molecule is C=CCOc1ccc(C(O)=C2C(=O)C(=O)N(CCOC)[C@H]2c2cc(OC)c(OC)c(OC)c2)cc1. The third-order valence-corrected chi connectivity index (χ3v) is 5.57. The molecule has 1 atom stereocenters. The normalized spacial score (nSPS) is 16.8. The van der Waals surface area contributed by atoms with Gasteiger partial charge in [-0.2, -0.15) is 0 Å². The van der Waals surface area contributed by atoms with Gasteiger partial charge in [-0.15, -0.1) is 0 Å². The van der Waals surface area contributed by atoms with Gasteiger partial charge in [-0.05, 0) is 42.0 Å². The summed E-state index contributed by atoms with van der Waals surface area (Å²) in [5, 5.41) is 11.2. The molecule has 1 heterocycles. The van der Waals surface area contributed by atoms with Gasteiger partial charge in [0, 0.05) is 19.2 Å². The number of amides is 1. The van der Waals surface area contributed by atoms with Gasteiger partial charge in [0.15, 0.2) is 11.5 Å². The van der Waals surface area contributed by atoms with Gasteiger partial charge < -0.3 is 33.7 Å². The Labute approximate surface area is 204 Å². The summed E-state index contributed by atoms with van der Waals surface area (Å²) in [4.78, 5) is 27.5. The Balaban J connectivity index is 2.18. The smallest absolute Gasteiger partial charge is 0.295 e. The van der Waals surface area contributed by atoms with E-state index in [1.54, 1.807) is 42.5 Å². The number of hydrogen-bond acceptors (Lipinski definition) is 8. The van der Waals surface area contributed by atoms with Gasteiger partial charge in [0.1, 0.15) is 18.1 Å². The minimum Gasteiger partial charge on any atom is -0.507 e. The van der Waals surface area contributed by atoms with Gasteiger partial charge in [-0.25, -0.2) is 0 Å². The predicted molar refractivity (Wildman–Crippen MR) is 129 cm³/mol. The monoisotopic (exact) mass is 483 g/mol. The van der Waals surface area contributed by atoms with Gasteiger partial charge in [0.25, 0.3) is 11.7 Å². The third kappa shape index (κ3) is 5.09. The van der Waals surface area contributed by atoms with Crippen molar-refractivity contribution < 1.29 is 38.4 Å². The summed E-state index contributed by atoms with van der Waals surface area (Å²) in [6, 6.07) is 8.94. The van der Waals surface area contributed by atoms with E-state index >= 15 is 0 Å². The maximum Gasteiger partial charge on any atom is 0.295 e. The third-order valence-electron chi connectivity index (χ3n) is 5.57. The maximum atomic E-state index is 13.1. The molecule has 0 spiro atoms. The van der Waals surface area contributed by atoms with E-state index in [-0.39, 0.29) is 24.5 Å². The lowest BCUT2D eigenvalue weighted by atomic mass is 9.94. The average molecular weight is 484 g/mol. The summed E-state index contributed by atoms with van der Waals surface area (Å²) < 4.78 is 26.9. The molecule has 0 radical (unpaired) electrons. The molecule has 1 fully saturated rings. The first kappa shape index (κ1) is 25.6. The zero-order valence-electron chi connectivity index (χ0n) is 20.2. The van der Waals surface area contributed by atoms with Crippen LogP contribution in [0.1, 0.15) is 17.2 Å². The zero-order chi connectivity index (χ0) is 25.5. The van der Waals surface area contributed by atoms with Crippen LogP contribution in [0.2, 0.25) is 0 Å². The van der Waals surface area contributed by atoms with E-state index < -0.39 is 17.7 Å². The van der Waals surface area contributed by atoms with E-state index in [2.05, 4.69) is 6.58 Å². The van der Waals surface area contributed by atoms with Crippen LogP contribution >= 0.6 is 0 Å². The largest absolute Gasteiger partial charge is 0.507 e. The molecule has 0 saturated carbocycles. The van der Waals surface area contributed by atoms with Crippen molar-refractivity contribution in [3.63, 3.8) is 0 Å². The molecule has 0 aliphatic carbocycles. The molecular formula is C26H29NO8. The van der Waals surface area contributed by atoms with Crippen molar-refractivity contribution in [1.29, 1.82) is 0 Å². The second-order valence-corrected chi connectivity index (χ2v) is 7.57. The summed E-state index contributed by atoms with van der Waals surface area (Å²) in [6.07, 6.45) is 1.62. The van der Waals surface area contributed by atoms with Crippen LogP contribution in [-0.2, 0) is 14.3 Å². The summed E-state index contributed by atoms with van der Waals surface area (Å²) in [5.41, 5.74) is 0.806. The number of Topliss-reactive ketones (excluding diaryl/α,β-unsaturated/α-hetero) is 1. The Kier molecular flexibility index (Phi) is 8.38. The molecule has 35 heavy (non-hydrogen) atoms. The number of nitrogens with zero attached hydrogens (tertiary/aromatic N) is 1. The lowest BCUT2D eigenvalue weighted by molar-refractivity contribution is -0.140. The molecule has 9 nitrogen and oxygen atoms in total. The fourth-order valence-electron chi connectivity index (χ4n) is 3.93. The molecule has 3 rings (SSSR count). The fourth-order valence-corrected chi connectivity index (χ4v) is 3.93. The van der Waals surface area contributed by atoms with Crippen LogP contribution in [0.3, 0.4) is 0 Å². The first-order chi connectivity index (χ1) is 16.9. The van der Waals surface area contributed by atoms with Crippen LogP contribution in [-0.4, -0.2) is 69.9 Å². The number of aliphatic hydroxyl groups excluding tert-OH is 1. The first-order valence-electron chi connectivity index (χ1n) is 10.8. The van der Waals surface area contributed by atoms with Crippen molar-refractivity contribution in [3.05, 3.63) is 65.8 Å². The standard InChI is InChI=1S/C26H29NO8/c1-6-12-35-18-9-7-16(8-10-18)23(28)21-22(27(11-13-31-2)26(30)24(21)29)17-14-19(32-3)25(34-5)20(15-17)33-4/h6-10,14-15,22,28H,1,11-13H2,2-5H3/t22-/m0/s1. The highest BCUT2D eigenvalue weighted by molar-refractivity contribution is 6.46. The van der Waals surface area contributed by atoms with E-state index in [4.69, 9.17) is 23.7 Å². The minimum absolute atomic E-state index is 0.0554. The van der Waals surface area contributed by atoms with E-state index in [9.17, 15) is 14.7 Å². The van der Waals surface area contributed by atoms with Crippen molar-refractivity contribution >= 4 is 17.4 Å². The molecule has 1 aliphatic rings. The van der Waals surface area contributed by atoms with E-state index in [0.29, 0.717) is 40.7 Å². The van der Waals surface area contributed by atoms with Crippen LogP contribution in [0.15, 0.2) is 54.6 Å². The molecule has 0 aromatic heterocycles. The highest BCUT2D eigenvalue weighted by atomic mass is 16.5. The van der Waals surface area contributed by atoms with E-state index in [1.165, 1.54) is 33.3 Å². The number of ketones is 1. The number of hydrogen-bond donors (Lipinski definition) is 1. The molecule has 1 saturated heterocycles. The first-order valence-corrected chi connectivity index (χ1v) is 10.8. The number of benzene rings is 2.